The van der Waals surface area contributed by atoms with Crippen LogP contribution in [0, 0.1) is 0 Å². The second kappa shape index (κ2) is 54.2. The van der Waals surface area contributed by atoms with Crippen LogP contribution in [0.4, 0.5) is 0 Å². The van der Waals surface area contributed by atoms with E-state index < -0.39 is 6.10 Å². The maximum atomic E-state index is 12.8. The third-order valence-electron chi connectivity index (χ3n) is 12.6. The van der Waals surface area contributed by atoms with Gasteiger partial charge in [-0.15, -0.1) is 0 Å². The molecule has 0 N–H and O–H groups in total. The van der Waals surface area contributed by atoms with Crippen molar-refractivity contribution in [3.63, 3.8) is 0 Å². The first-order chi connectivity index (χ1) is 32.0. The molecule has 380 valence electrons. The van der Waals surface area contributed by atoms with Gasteiger partial charge >= 0.3 is 17.9 Å². The topological polar surface area (TPSA) is 78.9 Å². The molecule has 6 heteroatoms. The molecule has 0 aliphatic rings. The van der Waals surface area contributed by atoms with Crippen molar-refractivity contribution in [1.82, 2.24) is 0 Å². The van der Waals surface area contributed by atoms with Crippen LogP contribution < -0.4 is 0 Å². The summed E-state index contributed by atoms with van der Waals surface area (Å²) in [6, 6.07) is 0. The summed E-state index contributed by atoms with van der Waals surface area (Å²) in [6.45, 7) is 6.64. The normalized spacial score (nSPS) is 12.2. The van der Waals surface area contributed by atoms with Crippen molar-refractivity contribution < 1.29 is 28.6 Å². The highest BCUT2D eigenvalue weighted by molar-refractivity contribution is 5.71. The fourth-order valence-corrected chi connectivity index (χ4v) is 8.25. The molecule has 0 bridgehead atoms. The predicted octanol–water partition coefficient (Wildman–Crippen LogP) is 18.9. The van der Waals surface area contributed by atoms with Crippen LogP contribution in [0.5, 0.6) is 0 Å². The molecule has 0 rings (SSSR count). The first-order valence-corrected chi connectivity index (χ1v) is 28.5. The van der Waals surface area contributed by atoms with E-state index in [1.165, 1.54) is 193 Å². The number of ether oxygens (including phenoxy) is 3. The lowest BCUT2D eigenvalue weighted by Crippen LogP contribution is -2.30. The van der Waals surface area contributed by atoms with Gasteiger partial charge < -0.3 is 14.2 Å². The van der Waals surface area contributed by atoms with Gasteiger partial charge in [-0.2, -0.15) is 0 Å². The number of hydrogen-bond acceptors (Lipinski definition) is 6. The van der Waals surface area contributed by atoms with Crippen LogP contribution in [0.15, 0.2) is 36.5 Å². The zero-order valence-corrected chi connectivity index (χ0v) is 43.5. The summed E-state index contributed by atoms with van der Waals surface area (Å²) in [5, 5.41) is 0. The van der Waals surface area contributed by atoms with E-state index in [-0.39, 0.29) is 31.1 Å². The minimum atomic E-state index is -0.780. The molecule has 6 nitrogen and oxygen atoms in total. The van der Waals surface area contributed by atoms with E-state index in [9.17, 15) is 14.4 Å². The number of carbonyl (C=O) groups excluding carboxylic acids is 3. The van der Waals surface area contributed by atoms with Crippen LogP contribution in [0.1, 0.15) is 303 Å². The minimum Gasteiger partial charge on any atom is -0.462 e. The molecule has 1 atom stereocenters. The summed E-state index contributed by atoms with van der Waals surface area (Å²) in [6.07, 6.45) is 64.1. The molecule has 0 fully saturated rings. The lowest BCUT2D eigenvalue weighted by Gasteiger charge is -2.18. The van der Waals surface area contributed by atoms with E-state index in [0.29, 0.717) is 19.3 Å². The average molecular weight is 914 g/mol. The zero-order valence-electron chi connectivity index (χ0n) is 43.5. The van der Waals surface area contributed by atoms with Crippen molar-refractivity contribution in [2.75, 3.05) is 13.2 Å². The van der Waals surface area contributed by atoms with Crippen molar-refractivity contribution in [3.05, 3.63) is 36.5 Å². The van der Waals surface area contributed by atoms with Crippen molar-refractivity contribution in [2.45, 2.75) is 309 Å². The molecule has 0 saturated carbocycles. The van der Waals surface area contributed by atoms with Crippen molar-refractivity contribution in [1.29, 1.82) is 0 Å². The predicted molar refractivity (Wildman–Crippen MR) is 279 cm³/mol. The van der Waals surface area contributed by atoms with Crippen LogP contribution in [0.3, 0.4) is 0 Å². The third kappa shape index (κ3) is 52.5. The Labute approximate surface area is 404 Å². The van der Waals surface area contributed by atoms with Gasteiger partial charge in [0.05, 0.1) is 0 Å². The summed E-state index contributed by atoms with van der Waals surface area (Å²) < 4.78 is 16.8. The van der Waals surface area contributed by atoms with Gasteiger partial charge in [0.25, 0.3) is 0 Å². The SMILES string of the molecule is CCCCCCC/C=C\CCCCCCCC(=O)OC[C@H](COC(=O)CCCCCCCCC/C=C\CCCCCCCC)OC(=O)CCCCCCC/C=C\CCCCCCCCC. The Morgan fingerprint density at radius 2 is 0.508 bits per heavy atom. The molecule has 0 heterocycles. The van der Waals surface area contributed by atoms with E-state index in [1.807, 2.05) is 0 Å². The molecule has 0 unspecified atom stereocenters. The van der Waals surface area contributed by atoms with Gasteiger partial charge in [-0.05, 0) is 96.3 Å². The van der Waals surface area contributed by atoms with E-state index in [0.717, 1.165) is 70.6 Å². The molecule has 0 aliphatic carbocycles. The number of hydrogen-bond donors (Lipinski definition) is 0. The standard InChI is InChI=1S/C59H108O6/c1-4-7-10-13-16-19-22-25-28-30-32-34-37-40-43-46-49-52-58(61)64-55-56(54-63-57(60)51-48-45-42-39-36-33-27-24-21-18-15-12-9-6-3)65-59(62)53-50-47-44-41-38-35-31-29-26-23-20-17-14-11-8-5-2/h24-25,27-29,31,56H,4-23,26,30,32-55H2,1-3H3/b27-24-,28-25-,31-29-/t56-/m1/s1. The second-order valence-electron chi connectivity index (χ2n) is 19.2. The summed E-state index contributed by atoms with van der Waals surface area (Å²) in [5.74, 6) is -0.885. The lowest BCUT2D eigenvalue weighted by molar-refractivity contribution is -0.167. The first kappa shape index (κ1) is 62.6. The number of rotatable bonds is 52. The molecule has 65 heavy (non-hydrogen) atoms. The van der Waals surface area contributed by atoms with Crippen LogP contribution in [0.2, 0.25) is 0 Å². The zero-order chi connectivity index (χ0) is 47.2. The molecule has 0 radical (unpaired) electrons. The summed E-state index contributed by atoms with van der Waals surface area (Å²) in [4.78, 5) is 38.1. The Morgan fingerprint density at radius 3 is 0.769 bits per heavy atom. The summed E-state index contributed by atoms with van der Waals surface area (Å²) in [7, 11) is 0. The summed E-state index contributed by atoms with van der Waals surface area (Å²) in [5.41, 5.74) is 0. The number of allylic oxidation sites excluding steroid dienone is 6. The van der Waals surface area contributed by atoms with E-state index >= 15 is 0 Å². The molecule has 0 aliphatic heterocycles. The van der Waals surface area contributed by atoms with Gasteiger partial charge in [0, 0.05) is 19.3 Å². The molecule has 0 aromatic carbocycles. The van der Waals surface area contributed by atoms with Gasteiger partial charge in [-0.3, -0.25) is 14.4 Å². The lowest BCUT2D eigenvalue weighted by atomic mass is 10.1. The second-order valence-corrected chi connectivity index (χ2v) is 19.2. The Bertz CT molecular complexity index is 1090. The molecule has 0 spiro atoms. The Kier molecular flexibility index (Phi) is 52.3. The van der Waals surface area contributed by atoms with Crippen LogP contribution in [-0.2, 0) is 28.6 Å². The fourth-order valence-electron chi connectivity index (χ4n) is 8.25. The minimum absolute atomic E-state index is 0.0783. The number of carbonyl (C=O) groups is 3. The van der Waals surface area contributed by atoms with Gasteiger partial charge in [0.2, 0.25) is 0 Å². The van der Waals surface area contributed by atoms with E-state index in [1.54, 1.807) is 0 Å². The average Bonchev–Trinajstić information content (AvgIpc) is 3.30. The maximum Gasteiger partial charge on any atom is 0.306 e. The van der Waals surface area contributed by atoms with E-state index in [2.05, 4.69) is 57.2 Å². The van der Waals surface area contributed by atoms with Crippen molar-refractivity contribution in [3.8, 4) is 0 Å². The quantitative estimate of drug-likeness (QED) is 0.0262. The maximum absolute atomic E-state index is 12.8. The number of esters is 3. The van der Waals surface area contributed by atoms with Gasteiger partial charge in [0.1, 0.15) is 13.2 Å². The highest BCUT2D eigenvalue weighted by Gasteiger charge is 2.19. The third-order valence-corrected chi connectivity index (χ3v) is 12.6. The monoisotopic (exact) mass is 913 g/mol. The highest BCUT2D eigenvalue weighted by Crippen LogP contribution is 2.15. The fraction of sp³-hybridized carbons (Fsp3) is 0.847. The molecule has 0 aromatic heterocycles. The highest BCUT2D eigenvalue weighted by atomic mass is 16.6. The first-order valence-electron chi connectivity index (χ1n) is 28.5. The Morgan fingerprint density at radius 1 is 0.292 bits per heavy atom. The molecule has 0 saturated heterocycles. The molecule has 0 amide bonds. The van der Waals surface area contributed by atoms with Crippen molar-refractivity contribution >= 4 is 17.9 Å². The van der Waals surface area contributed by atoms with E-state index in [4.69, 9.17) is 14.2 Å². The van der Waals surface area contributed by atoms with Gasteiger partial charge in [-0.1, -0.05) is 224 Å². The molecule has 0 aromatic rings. The van der Waals surface area contributed by atoms with Crippen LogP contribution in [-0.4, -0.2) is 37.2 Å². The molecular formula is C59H108O6. The Hall–Kier alpha value is -2.37. The summed E-state index contributed by atoms with van der Waals surface area (Å²) >= 11 is 0. The van der Waals surface area contributed by atoms with Crippen molar-refractivity contribution in [2.24, 2.45) is 0 Å². The van der Waals surface area contributed by atoms with Crippen LogP contribution in [0.25, 0.3) is 0 Å². The number of unbranched alkanes of at least 4 members (excludes halogenated alkanes) is 35. The molecular weight excluding hydrogens is 805 g/mol. The Balaban J connectivity index is 4.37. The largest absolute Gasteiger partial charge is 0.462 e. The van der Waals surface area contributed by atoms with Gasteiger partial charge in [0.15, 0.2) is 6.10 Å². The van der Waals surface area contributed by atoms with Gasteiger partial charge in [-0.25, -0.2) is 0 Å². The smallest absolute Gasteiger partial charge is 0.306 e. The van der Waals surface area contributed by atoms with Crippen LogP contribution >= 0.6 is 0 Å².